The van der Waals surface area contributed by atoms with Crippen LogP contribution in [0.3, 0.4) is 0 Å². The number of nitrogen functional groups attached to an aromatic ring is 1. The molecule has 0 spiro atoms. The molecule has 1 fully saturated rings. The van der Waals surface area contributed by atoms with E-state index in [1.54, 1.807) is 0 Å². The fraction of sp³-hybridized carbons (Fsp3) is 0.538. The van der Waals surface area contributed by atoms with Gasteiger partial charge in [-0.15, -0.1) is 0 Å². The molecule has 2 heteroatoms. The van der Waals surface area contributed by atoms with Gasteiger partial charge in [-0.05, 0) is 50.7 Å². The highest BCUT2D eigenvalue weighted by Crippen LogP contribution is 2.29. The second-order valence-corrected chi connectivity index (χ2v) is 4.50. The first-order valence-corrected chi connectivity index (χ1v) is 5.70. The predicted octanol–water partition coefficient (Wildman–Crippen LogP) is 3.21. The Balaban J connectivity index is 2.16. The van der Waals surface area contributed by atoms with E-state index in [1.165, 1.54) is 31.2 Å². The first-order chi connectivity index (χ1) is 7.16. The van der Waals surface area contributed by atoms with Gasteiger partial charge < -0.3 is 10.5 Å². The highest BCUT2D eigenvalue weighted by Gasteiger charge is 2.17. The minimum atomic E-state index is 0.408. The van der Waals surface area contributed by atoms with Gasteiger partial charge in [-0.3, -0.25) is 0 Å². The fourth-order valence-electron chi connectivity index (χ4n) is 2.16. The zero-order valence-electron chi connectivity index (χ0n) is 9.55. The summed E-state index contributed by atoms with van der Waals surface area (Å²) in [4.78, 5) is 0. The Bertz CT molecular complexity index is 354. The third-order valence-corrected chi connectivity index (χ3v) is 3.16. The van der Waals surface area contributed by atoms with Gasteiger partial charge >= 0.3 is 0 Å². The van der Waals surface area contributed by atoms with E-state index in [1.807, 2.05) is 13.0 Å². The largest absolute Gasteiger partial charge is 0.490 e. The lowest BCUT2D eigenvalue weighted by Gasteiger charge is -2.16. The van der Waals surface area contributed by atoms with E-state index in [-0.39, 0.29) is 0 Å². The molecule has 0 aliphatic heterocycles. The summed E-state index contributed by atoms with van der Waals surface area (Å²) in [5, 5.41) is 0. The number of hydrogen-bond acceptors (Lipinski definition) is 2. The van der Waals surface area contributed by atoms with Gasteiger partial charge in [-0.1, -0.05) is 6.07 Å². The predicted molar refractivity (Wildman–Crippen MR) is 63.2 cm³/mol. The van der Waals surface area contributed by atoms with E-state index < -0.39 is 0 Å². The molecular weight excluding hydrogens is 186 g/mol. The first-order valence-electron chi connectivity index (χ1n) is 5.70. The van der Waals surface area contributed by atoms with E-state index >= 15 is 0 Å². The molecule has 1 saturated carbocycles. The third kappa shape index (κ3) is 2.25. The first kappa shape index (κ1) is 10.3. The van der Waals surface area contributed by atoms with Gasteiger partial charge in [0.25, 0.3) is 0 Å². The molecule has 1 aromatic rings. The number of anilines is 1. The van der Waals surface area contributed by atoms with Crippen LogP contribution in [-0.4, -0.2) is 6.10 Å². The van der Waals surface area contributed by atoms with E-state index in [0.29, 0.717) is 6.10 Å². The van der Waals surface area contributed by atoms with Gasteiger partial charge in [-0.25, -0.2) is 0 Å². The van der Waals surface area contributed by atoms with Gasteiger partial charge in [0.2, 0.25) is 0 Å². The lowest BCUT2D eigenvalue weighted by atomic mass is 10.1. The van der Waals surface area contributed by atoms with Crippen LogP contribution >= 0.6 is 0 Å². The van der Waals surface area contributed by atoms with Crippen LogP contribution in [0.5, 0.6) is 5.75 Å². The monoisotopic (exact) mass is 205 g/mol. The topological polar surface area (TPSA) is 35.2 Å². The Morgan fingerprint density at radius 3 is 2.47 bits per heavy atom. The van der Waals surface area contributed by atoms with Crippen LogP contribution in [0.15, 0.2) is 12.1 Å². The molecule has 0 heterocycles. The summed E-state index contributed by atoms with van der Waals surface area (Å²) in [6, 6.07) is 4.06. The molecule has 0 aromatic heterocycles. The Morgan fingerprint density at radius 1 is 1.13 bits per heavy atom. The van der Waals surface area contributed by atoms with Crippen molar-refractivity contribution in [1.82, 2.24) is 0 Å². The molecule has 0 saturated heterocycles. The van der Waals surface area contributed by atoms with Crippen LogP contribution in [0.25, 0.3) is 0 Å². The summed E-state index contributed by atoms with van der Waals surface area (Å²) in [5.74, 6) is 0.963. The Kier molecular flexibility index (Phi) is 2.85. The molecule has 82 valence electrons. The SMILES string of the molecule is Cc1cc(C)c(OC2CCCC2)cc1N. The summed E-state index contributed by atoms with van der Waals surface area (Å²) in [6.45, 7) is 4.11. The number of nitrogens with two attached hydrogens (primary N) is 1. The number of benzene rings is 1. The van der Waals surface area contributed by atoms with Crippen LogP contribution in [0, 0.1) is 13.8 Å². The molecule has 1 aromatic carbocycles. The molecule has 0 unspecified atom stereocenters. The van der Waals surface area contributed by atoms with Crippen molar-refractivity contribution < 1.29 is 4.74 Å². The number of aryl methyl sites for hydroxylation is 2. The summed E-state index contributed by atoms with van der Waals surface area (Å²) in [6.07, 6.45) is 5.38. The van der Waals surface area contributed by atoms with Crippen LogP contribution in [-0.2, 0) is 0 Å². The average Bonchev–Trinajstić information content (AvgIpc) is 2.67. The molecule has 0 atom stereocenters. The molecule has 1 aliphatic carbocycles. The van der Waals surface area contributed by atoms with Gasteiger partial charge in [0.15, 0.2) is 0 Å². The summed E-state index contributed by atoms with van der Waals surface area (Å²) >= 11 is 0. The van der Waals surface area contributed by atoms with E-state index in [9.17, 15) is 0 Å². The van der Waals surface area contributed by atoms with Crippen molar-refractivity contribution in [3.05, 3.63) is 23.3 Å². The molecule has 0 amide bonds. The molecule has 0 bridgehead atoms. The molecule has 2 nitrogen and oxygen atoms in total. The van der Waals surface area contributed by atoms with Crippen molar-refractivity contribution in [1.29, 1.82) is 0 Å². The van der Waals surface area contributed by atoms with Crippen molar-refractivity contribution in [3.63, 3.8) is 0 Å². The van der Waals surface area contributed by atoms with Gasteiger partial charge in [0.05, 0.1) is 6.10 Å². The second-order valence-electron chi connectivity index (χ2n) is 4.50. The minimum Gasteiger partial charge on any atom is -0.490 e. The molecule has 2 N–H and O–H groups in total. The Hall–Kier alpha value is -1.18. The maximum atomic E-state index is 5.96. The second kappa shape index (κ2) is 4.13. The number of rotatable bonds is 2. The van der Waals surface area contributed by atoms with Gasteiger partial charge in [0, 0.05) is 11.8 Å². The van der Waals surface area contributed by atoms with E-state index in [4.69, 9.17) is 10.5 Å². The van der Waals surface area contributed by atoms with E-state index in [0.717, 1.165) is 17.0 Å². The Labute approximate surface area is 91.4 Å². The van der Waals surface area contributed by atoms with Crippen LogP contribution < -0.4 is 10.5 Å². The van der Waals surface area contributed by atoms with Gasteiger partial charge in [-0.2, -0.15) is 0 Å². The van der Waals surface area contributed by atoms with Crippen molar-refractivity contribution in [2.45, 2.75) is 45.6 Å². The highest BCUT2D eigenvalue weighted by molar-refractivity contribution is 5.54. The van der Waals surface area contributed by atoms with Crippen LogP contribution in [0.4, 0.5) is 5.69 Å². The minimum absolute atomic E-state index is 0.408. The number of hydrogen-bond donors (Lipinski definition) is 1. The summed E-state index contributed by atoms with van der Waals surface area (Å²) < 4.78 is 5.96. The van der Waals surface area contributed by atoms with Crippen LogP contribution in [0.2, 0.25) is 0 Å². The maximum Gasteiger partial charge on any atom is 0.124 e. The molecule has 15 heavy (non-hydrogen) atoms. The quantitative estimate of drug-likeness (QED) is 0.752. The third-order valence-electron chi connectivity index (χ3n) is 3.16. The molecule has 1 aliphatic rings. The van der Waals surface area contributed by atoms with Crippen molar-refractivity contribution >= 4 is 5.69 Å². The normalized spacial score (nSPS) is 16.9. The smallest absolute Gasteiger partial charge is 0.124 e. The number of ether oxygens (including phenoxy) is 1. The molecule has 2 rings (SSSR count). The van der Waals surface area contributed by atoms with Crippen molar-refractivity contribution in [2.75, 3.05) is 5.73 Å². The highest BCUT2D eigenvalue weighted by atomic mass is 16.5. The Morgan fingerprint density at radius 2 is 1.80 bits per heavy atom. The lowest BCUT2D eigenvalue weighted by Crippen LogP contribution is -2.12. The van der Waals surface area contributed by atoms with E-state index in [2.05, 4.69) is 13.0 Å². The van der Waals surface area contributed by atoms with Crippen molar-refractivity contribution in [2.24, 2.45) is 0 Å². The van der Waals surface area contributed by atoms with Gasteiger partial charge in [0.1, 0.15) is 5.75 Å². The van der Waals surface area contributed by atoms with Crippen LogP contribution in [0.1, 0.15) is 36.8 Å². The zero-order chi connectivity index (χ0) is 10.8. The standard InChI is InChI=1S/C13H19NO/c1-9-7-10(2)13(8-12(9)14)15-11-5-3-4-6-11/h7-8,11H,3-6,14H2,1-2H3. The summed E-state index contributed by atoms with van der Waals surface area (Å²) in [7, 11) is 0. The summed E-state index contributed by atoms with van der Waals surface area (Å²) in [5.41, 5.74) is 9.03. The lowest BCUT2D eigenvalue weighted by molar-refractivity contribution is 0.208. The van der Waals surface area contributed by atoms with Crippen molar-refractivity contribution in [3.8, 4) is 5.75 Å². The maximum absolute atomic E-state index is 5.96. The molecule has 0 radical (unpaired) electrons. The fourth-order valence-corrected chi connectivity index (χ4v) is 2.16. The molecular formula is C13H19NO. The average molecular weight is 205 g/mol. The zero-order valence-corrected chi connectivity index (χ0v) is 9.55.